The Balaban J connectivity index is 1.75. The molecule has 0 aliphatic carbocycles. The Morgan fingerprint density at radius 3 is 2.65 bits per heavy atom. The van der Waals surface area contributed by atoms with E-state index in [0.717, 1.165) is 10.4 Å². The van der Waals surface area contributed by atoms with Gasteiger partial charge in [-0.05, 0) is 36.2 Å². The van der Waals surface area contributed by atoms with Crippen molar-refractivity contribution in [2.24, 2.45) is 0 Å². The fourth-order valence-electron chi connectivity index (χ4n) is 2.04. The Hall–Kier alpha value is -1.99. The minimum atomic E-state index is -2.82. The number of alkyl halides is 2. The Bertz CT molecular complexity index is 603. The summed E-state index contributed by atoms with van der Waals surface area (Å²) in [5.41, 5.74) is 0.917. The van der Waals surface area contributed by atoms with Crippen molar-refractivity contribution < 1.29 is 18.3 Å². The van der Waals surface area contributed by atoms with E-state index in [1.165, 1.54) is 12.1 Å². The molecule has 0 saturated carbocycles. The first kappa shape index (κ1) is 17.4. The average Bonchev–Trinajstić information content (AvgIpc) is 3.00. The number of benzene rings is 1. The van der Waals surface area contributed by atoms with Gasteiger partial charge in [0.2, 0.25) is 5.91 Å². The predicted molar refractivity (Wildman–Crippen MR) is 85.6 cm³/mol. The molecule has 124 valence electrons. The summed E-state index contributed by atoms with van der Waals surface area (Å²) in [7, 11) is 1.83. The lowest BCUT2D eigenvalue weighted by Crippen LogP contribution is -2.34. The van der Waals surface area contributed by atoms with E-state index in [0.29, 0.717) is 13.1 Å². The minimum Gasteiger partial charge on any atom is -0.435 e. The number of hydrogen-bond donors (Lipinski definition) is 1. The van der Waals surface area contributed by atoms with Gasteiger partial charge in [-0.1, -0.05) is 18.2 Å². The zero-order valence-corrected chi connectivity index (χ0v) is 13.5. The molecule has 1 amide bonds. The second kappa shape index (κ2) is 8.59. The van der Waals surface area contributed by atoms with Crippen LogP contribution in [0.4, 0.5) is 8.78 Å². The highest BCUT2D eigenvalue weighted by molar-refractivity contribution is 7.09. The number of ether oxygens (including phenoxy) is 1. The van der Waals surface area contributed by atoms with Crippen molar-refractivity contribution in [3.63, 3.8) is 0 Å². The second-order valence-electron chi connectivity index (χ2n) is 5.05. The molecule has 0 saturated heterocycles. The van der Waals surface area contributed by atoms with Gasteiger partial charge in [0.05, 0.1) is 13.1 Å². The molecule has 2 aromatic rings. The minimum absolute atomic E-state index is 0.0569. The highest BCUT2D eigenvalue weighted by Gasteiger charge is 2.08. The molecule has 1 aromatic carbocycles. The van der Waals surface area contributed by atoms with Crippen LogP contribution in [0.2, 0.25) is 0 Å². The molecular formula is C16H18F2N2O2S. The molecule has 0 aliphatic heterocycles. The predicted octanol–water partition coefficient (Wildman–Crippen LogP) is 3.10. The van der Waals surface area contributed by atoms with Crippen LogP contribution >= 0.6 is 11.3 Å². The van der Waals surface area contributed by atoms with Crippen molar-refractivity contribution in [3.05, 3.63) is 52.2 Å². The molecule has 7 heteroatoms. The molecule has 0 atom stereocenters. The molecular weight excluding hydrogens is 322 g/mol. The molecule has 1 heterocycles. The standard InChI is InChI=1S/C16H18F2N2O2S/c1-20(11-15(21)19-9-14-3-2-8-23-14)10-12-4-6-13(7-5-12)22-16(17)18/h2-8,16H,9-11H2,1H3,(H,19,21). The van der Waals surface area contributed by atoms with Crippen LogP contribution in [0.3, 0.4) is 0 Å². The van der Waals surface area contributed by atoms with Gasteiger partial charge in [0.25, 0.3) is 0 Å². The van der Waals surface area contributed by atoms with E-state index in [-0.39, 0.29) is 18.2 Å². The van der Waals surface area contributed by atoms with Gasteiger partial charge in [0, 0.05) is 11.4 Å². The Morgan fingerprint density at radius 2 is 2.04 bits per heavy atom. The maximum absolute atomic E-state index is 12.1. The van der Waals surface area contributed by atoms with Crippen molar-refractivity contribution >= 4 is 17.2 Å². The molecule has 4 nitrogen and oxygen atoms in total. The number of thiophene rings is 1. The van der Waals surface area contributed by atoms with Gasteiger partial charge in [-0.3, -0.25) is 9.69 Å². The third kappa shape index (κ3) is 6.33. The summed E-state index contributed by atoms with van der Waals surface area (Å²) in [6.07, 6.45) is 0. The first-order chi connectivity index (χ1) is 11.0. The largest absolute Gasteiger partial charge is 0.435 e. The van der Waals surface area contributed by atoms with Crippen molar-refractivity contribution in [3.8, 4) is 5.75 Å². The van der Waals surface area contributed by atoms with Crippen LogP contribution in [-0.4, -0.2) is 31.0 Å². The maximum Gasteiger partial charge on any atom is 0.387 e. The van der Waals surface area contributed by atoms with E-state index in [2.05, 4.69) is 10.1 Å². The zero-order chi connectivity index (χ0) is 16.7. The molecule has 23 heavy (non-hydrogen) atoms. The summed E-state index contributed by atoms with van der Waals surface area (Å²) in [5.74, 6) is 0.0682. The third-order valence-corrected chi connectivity index (χ3v) is 3.93. The maximum atomic E-state index is 12.1. The fourth-order valence-corrected chi connectivity index (χ4v) is 2.69. The number of halogens is 2. The highest BCUT2D eigenvalue weighted by atomic mass is 32.1. The van der Waals surface area contributed by atoms with Crippen molar-refractivity contribution in [2.45, 2.75) is 19.7 Å². The average molecular weight is 340 g/mol. The molecule has 0 aliphatic rings. The summed E-state index contributed by atoms with van der Waals surface area (Å²) in [6, 6.07) is 10.3. The second-order valence-corrected chi connectivity index (χ2v) is 6.08. The van der Waals surface area contributed by atoms with Gasteiger partial charge in [0.15, 0.2) is 0 Å². The van der Waals surface area contributed by atoms with Gasteiger partial charge in [0.1, 0.15) is 5.75 Å². The van der Waals surface area contributed by atoms with E-state index in [1.807, 2.05) is 29.5 Å². The molecule has 2 rings (SSSR count). The number of carbonyl (C=O) groups is 1. The molecule has 0 radical (unpaired) electrons. The molecule has 0 unspecified atom stereocenters. The number of nitrogens with one attached hydrogen (secondary N) is 1. The van der Waals surface area contributed by atoms with E-state index in [1.54, 1.807) is 23.5 Å². The van der Waals surface area contributed by atoms with Gasteiger partial charge in [-0.15, -0.1) is 11.3 Å². The fraction of sp³-hybridized carbons (Fsp3) is 0.312. The normalized spacial score (nSPS) is 11.0. The number of amides is 1. The van der Waals surface area contributed by atoms with E-state index < -0.39 is 6.61 Å². The Labute approximate surface area is 137 Å². The molecule has 1 N–H and O–H groups in total. The molecule has 0 spiro atoms. The first-order valence-corrected chi connectivity index (χ1v) is 7.92. The number of carbonyl (C=O) groups excluding carboxylic acids is 1. The Morgan fingerprint density at radius 1 is 1.30 bits per heavy atom. The lowest BCUT2D eigenvalue weighted by atomic mass is 10.2. The molecule has 0 bridgehead atoms. The van der Waals surface area contributed by atoms with Crippen molar-refractivity contribution in [1.82, 2.24) is 10.2 Å². The van der Waals surface area contributed by atoms with Crippen LogP contribution in [0.15, 0.2) is 41.8 Å². The topological polar surface area (TPSA) is 41.6 Å². The van der Waals surface area contributed by atoms with Crippen LogP contribution in [0.5, 0.6) is 5.75 Å². The third-order valence-electron chi connectivity index (χ3n) is 3.05. The summed E-state index contributed by atoms with van der Waals surface area (Å²) in [6.45, 7) is -1.48. The summed E-state index contributed by atoms with van der Waals surface area (Å²) < 4.78 is 28.4. The lowest BCUT2D eigenvalue weighted by molar-refractivity contribution is -0.122. The smallest absolute Gasteiger partial charge is 0.387 e. The van der Waals surface area contributed by atoms with Gasteiger partial charge < -0.3 is 10.1 Å². The van der Waals surface area contributed by atoms with Crippen molar-refractivity contribution in [1.29, 1.82) is 0 Å². The van der Waals surface area contributed by atoms with Gasteiger partial charge >= 0.3 is 6.61 Å². The SMILES string of the molecule is CN(CC(=O)NCc1cccs1)Cc1ccc(OC(F)F)cc1. The van der Waals surface area contributed by atoms with E-state index in [9.17, 15) is 13.6 Å². The van der Waals surface area contributed by atoms with E-state index >= 15 is 0 Å². The first-order valence-electron chi connectivity index (χ1n) is 7.04. The quantitative estimate of drug-likeness (QED) is 0.803. The van der Waals surface area contributed by atoms with Crippen LogP contribution in [0.25, 0.3) is 0 Å². The number of hydrogen-bond acceptors (Lipinski definition) is 4. The van der Waals surface area contributed by atoms with Crippen LogP contribution < -0.4 is 10.1 Å². The molecule has 1 aromatic heterocycles. The summed E-state index contributed by atoms with van der Waals surface area (Å²) >= 11 is 1.60. The van der Waals surface area contributed by atoms with Crippen LogP contribution in [-0.2, 0) is 17.9 Å². The number of nitrogens with zero attached hydrogens (tertiary/aromatic N) is 1. The number of likely N-dealkylation sites (N-methyl/N-ethyl adjacent to an activating group) is 1. The lowest BCUT2D eigenvalue weighted by Gasteiger charge is -2.16. The van der Waals surface area contributed by atoms with Gasteiger partial charge in [-0.25, -0.2) is 0 Å². The zero-order valence-electron chi connectivity index (χ0n) is 12.7. The van der Waals surface area contributed by atoms with Crippen LogP contribution in [0, 0.1) is 0 Å². The van der Waals surface area contributed by atoms with Gasteiger partial charge in [-0.2, -0.15) is 8.78 Å². The van der Waals surface area contributed by atoms with Crippen LogP contribution in [0.1, 0.15) is 10.4 Å². The molecule has 0 fully saturated rings. The number of rotatable bonds is 8. The van der Waals surface area contributed by atoms with Crippen molar-refractivity contribution in [2.75, 3.05) is 13.6 Å². The summed E-state index contributed by atoms with van der Waals surface area (Å²) in [5, 5.41) is 4.83. The Kier molecular flexibility index (Phi) is 6.49. The highest BCUT2D eigenvalue weighted by Crippen LogP contribution is 2.15. The van der Waals surface area contributed by atoms with E-state index in [4.69, 9.17) is 0 Å². The monoisotopic (exact) mass is 340 g/mol. The summed E-state index contributed by atoms with van der Waals surface area (Å²) in [4.78, 5) is 14.8.